The molecule has 366 valence electrons. The van der Waals surface area contributed by atoms with E-state index in [-0.39, 0.29) is 64.0 Å². The quantitative estimate of drug-likeness (QED) is 0.0276. The molecule has 6 aromatic heterocycles. The van der Waals surface area contributed by atoms with Gasteiger partial charge in [-0.25, -0.2) is 44.9 Å². The number of carbonyl (C=O) groups is 1. The number of aromatic nitrogens is 12. The molecule has 14 atom stereocenters. The van der Waals surface area contributed by atoms with E-state index in [0.717, 1.165) is 0 Å². The number of carbonyl (C=O) groups excluding carboxylic acids is 1. The molecular formula is C34H43N15O15P2S2. The smallest absolute Gasteiger partial charge is 0.325 e. The SMILES string of the molecule is CO[C@H]1[C@@H](OP(O)(=S)OC[C@H]2O[C@@H](n3cnc4c(N)ncnc43)[C@H](OP(O)(=S)OC[C@H]3O[C@@H](n4cnc5c(N)ncnc54)[C@H](O)[C@@H]3O)[C@@H]2OC)[C@H](n2cnc3c(N)ncnc32)O[C@@H]1CCOC=O. The molecule has 0 saturated carbocycles. The van der Waals surface area contributed by atoms with Gasteiger partial charge in [0, 0.05) is 20.6 Å². The summed E-state index contributed by atoms with van der Waals surface area (Å²) < 4.78 is 63.6. The molecule has 0 spiro atoms. The van der Waals surface area contributed by atoms with Crippen molar-refractivity contribution in [1.82, 2.24) is 58.6 Å². The van der Waals surface area contributed by atoms with E-state index in [1.807, 2.05) is 0 Å². The van der Waals surface area contributed by atoms with Crippen LogP contribution < -0.4 is 17.2 Å². The number of nitrogens with two attached hydrogens (primary N) is 3. The first-order valence-corrected chi connectivity index (χ1v) is 25.4. The molecular weight excluding hydrogens is 985 g/mol. The number of aliphatic hydroxyl groups excluding tert-OH is 2. The van der Waals surface area contributed by atoms with Gasteiger partial charge in [0.15, 0.2) is 53.1 Å². The van der Waals surface area contributed by atoms with E-state index >= 15 is 0 Å². The van der Waals surface area contributed by atoms with Crippen LogP contribution in [0.1, 0.15) is 25.1 Å². The van der Waals surface area contributed by atoms with E-state index in [4.69, 9.17) is 87.3 Å². The lowest BCUT2D eigenvalue weighted by Gasteiger charge is -2.29. The van der Waals surface area contributed by atoms with Crippen LogP contribution in [0.3, 0.4) is 0 Å². The average molecular weight is 1030 g/mol. The van der Waals surface area contributed by atoms with Gasteiger partial charge in [-0.2, -0.15) is 0 Å². The fraction of sp³-hybridized carbons (Fsp3) is 0.529. The van der Waals surface area contributed by atoms with Gasteiger partial charge >= 0.3 is 13.4 Å². The topological polar surface area (TPSA) is 399 Å². The first kappa shape index (κ1) is 48.3. The minimum absolute atomic E-state index is 0.0350. The van der Waals surface area contributed by atoms with Crippen molar-refractivity contribution in [3.05, 3.63) is 38.0 Å². The molecule has 0 bridgehead atoms. The molecule has 0 radical (unpaired) electrons. The second kappa shape index (κ2) is 19.6. The van der Waals surface area contributed by atoms with Gasteiger partial charge in [-0.1, -0.05) is 0 Å². The third kappa shape index (κ3) is 9.24. The zero-order chi connectivity index (χ0) is 48.1. The maximum atomic E-state index is 11.7. The summed E-state index contributed by atoms with van der Waals surface area (Å²) in [6, 6.07) is 0. The second-order valence-corrected chi connectivity index (χ2v) is 20.8. The Morgan fingerprint density at radius 2 is 1.03 bits per heavy atom. The van der Waals surface area contributed by atoms with Crippen molar-refractivity contribution in [1.29, 1.82) is 0 Å². The Morgan fingerprint density at radius 1 is 0.618 bits per heavy atom. The molecule has 68 heavy (non-hydrogen) atoms. The molecule has 0 amide bonds. The number of hydrogen-bond acceptors (Lipinski definition) is 27. The summed E-state index contributed by atoms with van der Waals surface area (Å²) in [4.78, 5) is 71.8. The van der Waals surface area contributed by atoms with Crippen LogP contribution in [0, 0.1) is 0 Å². The van der Waals surface area contributed by atoms with Gasteiger partial charge in [0.25, 0.3) is 6.47 Å². The summed E-state index contributed by atoms with van der Waals surface area (Å²) in [7, 11) is 2.72. The number of anilines is 3. The first-order chi connectivity index (χ1) is 32.6. The molecule has 9 heterocycles. The summed E-state index contributed by atoms with van der Waals surface area (Å²) in [6.07, 6.45) is -6.45. The molecule has 6 aromatic rings. The minimum Gasteiger partial charge on any atom is -0.468 e. The van der Waals surface area contributed by atoms with Crippen LogP contribution in [0.4, 0.5) is 17.5 Å². The van der Waals surface area contributed by atoms with Crippen molar-refractivity contribution in [2.24, 2.45) is 0 Å². The highest BCUT2D eigenvalue weighted by atomic mass is 32.5. The van der Waals surface area contributed by atoms with Crippen molar-refractivity contribution < 1.29 is 71.3 Å². The summed E-state index contributed by atoms with van der Waals surface area (Å²) in [5, 5.41) is 22.0. The van der Waals surface area contributed by atoms with E-state index < -0.39 is 100 Å². The van der Waals surface area contributed by atoms with E-state index in [1.165, 1.54) is 65.9 Å². The van der Waals surface area contributed by atoms with Crippen LogP contribution in [-0.4, -0.2) is 174 Å². The molecule has 0 aliphatic carbocycles. The molecule has 3 aliphatic rings. The van der Waals surface area contributed by atoms with Crippen LogP contribution in [0.15, 0.2) is 38.0 Å². The van der Waals surface area contributed by atoms with Crippen molar-refractivity contribution >= 4 is 94.5 Å². The molecule has 3 fully saturated rings. The van der Waals surface area contributed by atoms with Crippen LogP contribution in [0.25, 0.3) is 33.5 Å². The minimum atomic E-state index is -4.36. The van der Waals surface area contributed by atoms with Crippen molar-refractivity contribution in [2.75, 3.05) is 51.2 Å². The highest BCUT2D eigenvalue weighted by Gasteiger charge is 2.53. The summed E-state index contributed by atoms with van der Waals surface area (Å²) in [6.45, 7) is -9.48. The predicted octanol–water partition coefficient (Wildman–Crippen LogP) is -1.50. The molecule has 3 saturated heterocycles. The summed E-state index contributed by atoms with van der Waals surface area (Å²) in [5.74, 6) is 0.249. The highest BCUT2D eigenvalue weighted by Crippen LogP contribution is 2.54. The maximum Gasteiger partial charge on any atom is 0.325 e. The molecule has 2 unspecified atom stereocenters. The Labute approximate surface area is 392 Å². The number of hydrogen-bond donors (Lipinski definition) is 7. The van der Waals surface area contributed by atoms with Gasteiger partial charge in [-0.05, 0) is 23.6 Å². The lowest BCUT2D eigenvalue weighted by molar-refractivity contribution is -0.130. The summed E-state index contributed by atoms with van der Waals surface area (Å²) in [5.41, 5.74) is 19.5. The van der Waals surface area contributed by atoms with Gasteiger partial charge in [0.05, 0.1) is 44.9 Å². The van der Waals surface area contributed by atoms with Gasteiger partial charge < -0.3 is 74.7 Å². The zero-order valence-corrected chi connectivity index (χ0v) is 38.8. The predicted molar refractivity (Wildman–Crippen MR) is 236 cm³/mol. The highest BCUT2D eigenvalue weighted by molar-refractivity contribution is 8.07. The van der Waals surface area contributed by atoms with Crippen LogP contribution in [0.5, 0.6) is 0 Å². The number of nitrogen functional groups attached to an aromatic ring is 3. The number of nitrogens with zero attached hydrogens (tertiary/aromatic N) is 12. The Kier molecular flexibility index (Phi) is 13.9. The summed E-state index contributed by atoms with van der Waals surface area (Å²) >= 11 is 11.0. The fourth-order valence-corrected chi connectivity index (χ4v) is 11.0. The average Bonchev–Trinajstić information content (AvgIpc) is 4.17. The van der Waals surface area contributed by atoms with Crippen LogP contribution >= 0.6 is 13.4 Å². The normalized spacial score (nSPS) is 30.3. The van der Waals surface area contributed by atoms with E-state index in [0.29, 0.717) is 6.47 Å². The van der Waals surface area contributed by atoms with Crippen molar-refractivity contribution in [2.45, 2.75) is 80.0 Å². The monoisotopic (exact) mass is 1030 g/mol. The zero-order valence-electron chi connectivity index (χ0n) is 35.4. The maximum absolute atomic E-state index is 11.7. The Balaban J connectivity index is 0.936. The Bertz CT molecular complexity index is 2890. The Hall–Kier alpha value is -4.70. The lowest BCUT2D eigenvalue weighted by Crippen LogP contribution is -2.38. The number of aliphatic hydroxyl groups is 2. The fourth-order valence-electron chi connectivity index (χ4n) is 8.23. The number of fused-ring (bicyclic) bond motifs is 3. The van der Waals surface area contributed by atoms with Gasteiger partial charge in [-0.15, -0.1) is 0 Å². The largest absolute Gasteiger partial charge is 0.468 e. The lowest BCUT2D eigenvalue weighted by atomic mass is 10.1. The van der Waals surface area contributed by atoms with Gasteiger partial charge in [-0.3, -0.25) is 27.5 Å². The number of imidazole rings is 3. The van der Waals surface area contributed by atoms with Crippen LogP contribution in [0.2, 0.25) is 0 Å². The molecule has 34 heteroatoms. The third-order valence-electron chi connectivity index (χ3n) is 11.3. The van der Waals surface area contributed by atoms with Gasteiger partial charge in [0.1, 0.15) is 84.4 Å². The standard InChI is InChI=1S/C34H43N15O15P2S2/c1-55-22-14(3-4-57-13-50)60-33(48-11-45-18-27(36)39-8-42-30(18)48)24(22)63-66(54,68)59-6-16-23(56-2)25(34(62-16)49-12-46-19-28(37)40-9-43-31(19)49)64-65(53,67)58-5-15-20(51)21(52)32(61-15)47-10-44-17-26(35)38-7-41-29(17)47/h7-16,20-25,32-34,51-52H,3-6H2,1-2H3,(H,53,67)(H,54,68)(H2,35,38,41)(H2,36,39,42)(H2,37,40,43)/t14-,15-,16-,20-,21-,22-,23-,24-,25-,32-,33-,34-,65?,66?/m1/s1. The molecule has 10 N–H and O–H groups in total. The Morgan fingerprint density at radius 3 is 1.49 bits per heavy atom. The van der Waals surface area contributed by atoms with Crippen LogP contribution in [-0.2, 0) is 74.9 Å². The van der Waals surface area contributed by atoms with Gasteiger partial charge in [0.2, 0.25) is 0 Å². The van der Waals surface area contributed by atoms with E-state index in [2.05, 4.69) is 44.9 Å². The molecule has 3 aliphatic heterocycles. The number of methoxy groups -OCH3 is 2. The van der Waals surface area contributed by atoms with E-state index in [1.54, 1.807) is 0 Å². The van der Waals surface area contributed by atoms with Crippen molar-refractivity contribution in [3.8, 4) is 0 Å². The van der Waals surface area contributed by atoms with E-state index in [9.17, 15) is 24.8 Å². The van der Waals surface area contributed by atoms with Crippen molar-refractivity contribution in [3.63, 3.8) is 0 Å². The first-order valence-electron chi connectivity index (χ1n) is 20.2. The number of ether oxygens (including phenoxy) is 6. The molecule has 9 rings (SSSR count). The molecule has 30 nitrogen and oxygen atoms in total. The second-order valence-electron chi connectivity index (χ2n) is 15.3. The number of rotatable bonds is 19. The third-order valence-corrected chi connectivity index (χ3v) is 14.5. The molecule has 0 aromatic carbocycles.